The monoisotopic (exact) mass is 313 g/mol. The van der Waals surface area contributed by atoms with Gasteiger partial charge in [-0.05, 0) is 33.6 Å². The van der Waals surface area contributed by atoms with Crippen LogP contribution in [-0.2, 0) is 14.3 Å². The van der Waals surface area contributed by atoms with E-state index in [0.717, 1.165) is 0 Å². The van der Waals surface area contributed by atoms with E-state index < -0.39 is 11.1 Å². The predicted octanol–water partition coefficient (Wildman–Crippen LogP) is 0.574. The average Bonchev–Trinajstić information content (AvgIpc) is 2.46. The van der Waals surface area contributed by atoms with Crippen molar-refractivity contribution < 1.29 is 19.1 Å². The highest BCUT2D eigenvalue weighted by atomic mass is 16.6. The van der Waals surface area contributed by atoms with Crippen molar-refractivity contribution in [2.24, 2.45) is 5.73 Å². The molecule has 126 valence electrons. The highest BCUT2D eigenvalue weighted by Gasteiger charge is 2.46. The van der Waals surface area contributed by atoms with Gasteiger partial charge in [-0.15, -0.1) is 0 Å². The molecule has 0 unspecified atom stereocenters. The van der Waals surface area contributed by atoms with Crippen molar-refractivity contribution in [1.82, 2.24) is 9.80 Å². The van der Waals surface area contributed by atoms with E-state index in [1.165, 1.54) is 0 Å². The minimum atomic E-state index is -0.664. The normalized spacial score (nSPS) is 23.1. The van der Waals surface area contributed by atoms with E-state index in [-0.39, 0.29) is 12.0 Å². The van der Waals surface area contributed by atoms with Gasteiger partial charge in [0.25, 0.3) is 0 Å². The average molecular weight is 313 g/mol. The van der Waals surface area contributed by atoms with Crippen LogP contribution in [0.5, 0.6) is 0 Å². The third kappa shape index (κ3) is 3.70. The van der Waals surface area contributed by atoms with Crippen molar-refractivity contribution in [2.45, 2.75) is 44.8 Å². The van der Waals surface area contributed by atoms with Crippen molar-refractivity contribution in [2.75, 3.05) is 39.4 Å². The molecule has 0 aromatic rings. The number of nitrogens with zero attached hydrogens (tertiary/aromatic N) is 2. The van der Waals surface area contributed by atoms with Crippen molar-refractivity contribution >= 4 is 12.0 Å². The second-order valence-corrected chi connectivity index (χ2v) is 6.96. The number of amides is 2. The van der Waals surface area contributed by atoms with Crippen LogP contribution in [0, 0.1) is 0 Å². The fourth-order valence-corrected chi connectivity index (χ4v) is 3.10. The summed E-state index contributed by atoms with van der Waals surface area (Å²) in [5.41, 5.74) is 4.52. The Bertz CT molecular complexity index is 419. The summed E-state index contributed by atoms with van der Waals surface area (Å²) in [6.45, 7) is 9.13. The number of piperidine rings is 1. The smallest absolute Gasteiger partial charge is 0.410 e. The van der Waals surface area contributed by atoms with E-state index in [0.29, 0.717) is 52.2 Å². The molecule has 2 aliphatic heterocycles. The van der Waals surface area contributed by atoms with Gasteiger partial charge in [0.2, 0.25) is 5.91 Å². The molecule has 0 bridgehead atoms. The molecule has 2 rings (SSSR count). The minimum Gasteiger partial charge on any atom is -0.444 e. The number of carbonyl (C=O) groups excluding carboxylic acids is 2. The lowest BCUT2D eigenvalue weighted by Crippen LogP contribution is -2.65. The Balaban J connectivity index is 2.01. The lowest BCUT2D eigenvalue weighted by molar-refractivity contribution is -0.138. The van der Waals surface area contributed by atoms with E-state index in [1.807, 2.05) is 20.8 Å². The first-order valence-electron chi connectivity index (χ1n) is 7.85. The van der Waals surface area contributed by atoms with Gasteiger partial charge < -0.3 is 20.1 Å². The second-order valence-electron chi connectivity index (χ2n) is 6.96. The zero-order chi connectivity index (χ0) is 16.4. The fraction of sp³-hybridized carbons (Fsp3) is 0.867. The number of likely N-dealkylation sites (tertiary alicyclic amines) is 1. The Morgan fingerprint density at radius 2 is 1.64 bits per heavy atom. The number of hydrogen-bond donors (Lipinski definition) is 1. The number of carbonyl (C=O) groups is 2. The van der Waals surface area contributed by atoms with E-state index in [4.69, 9.17) is 15.2 Å². The summed E-state index contributed by atoms with van der Waals surface area (Å²) in [5, 5.41) is 0. The van der Waals surface area contributed by atoms with Gasteiger partial charge in [0.05, 0.1) is 13.2 Å². The molecule has 0 radical (unpaired) electrons. The molecular formula is C15H27N3O4. The van der Waals surface area contributed by atoms with E-state index >= 15 is 0 Å². The van der Waals surface area contributed by atoms with Crippen LogP contribution in [0.4, 0.5) is 4.79 Å². The zero-order valence-electron chi connectivity index (χ0n) is 13.8. The molecular weight excluding hydrogens is 286 g/mol. The van der Waals surface area contributed by atoms with Crippen molar-refractivity contribution in [3.8, 4) is 0 Å². The molecule has 0 aromatic carbocycles. The van der Waals surface area contributed by atoms with Gasteiger partial charge in [0.1, 0.15) is 11.1 Å². The first kappa shape index (κ1) is 17.0. The standard InChI is InChI=1S/C15H27N3O4/c1-14(2,3)22-13(20)17-6-4-15(5-7-17,12(16)19)18-8-10-21-11-9-18/h4-11H2,1-3H3,(H2,16,19). The van der Waals surface area contributed by atoms with Crippen LogP contribution in [-0.4, -0.2) is 72.3 Å². The van der Waals surface area contributed by atoms with Crippen molar-refractivity contribution in [1.29, 1.82) is 0 Å². The summed E-state index contributed by atoms with van der Waals surface area (Å²) in [6.07, 6.45) is 0.760. The van der Waals surface area contributed by atoms with Crippen LogP contribution >= 0.6 is 0 Å². The zero-order valence-corrected chi connectivity index (χ0v) is 13.8. The molecule has 0 spiro atoms. The Morgan fingerprint density at radius 3 is 2.09 bits per heavy atom. The molecule has 0 saturated carbocycles. The molecule has 22 heavy (non-hydrogen) atoms. The van der Waals surface area contributed by atoms with Crippen molar-refractivity contribution in [3.05, 3.63) is 0 Å². The van der Waals surface area contributed by atoms with Gasteiger partial charge in [-0.2, -0.15) is 0 Å². The maximum Gasteiger partial charge on any atom is 0.410 e. The Kier molecular flexibility index (Phi) is 4.97. The van der Waals surface area contributed by atoms with Gasteiger partial charge >= 0.3 is 6.09 Å². The Morgan fingerprint density at radius 1 is 1.09 bits per heavy atom. The Hall–Kier alpha value is -1.34. The SMILES string of the molecule is CC(C)(C)OC(=O)N1CCC(C(N)=O)(N2CCOCC2)CC1. The predicted molar refractivity (Wildman–Crippen MR) is 81.4 cm³/mol. The molecule has 0 aliphatic carbocycles. The van der Waals surface area contributed by atoms with Crippen LogP contribution in [0.2, 0.25) is 0 Å². The minimum absolute atomic E-state index is 0.307. The van der Waals surface area contributed by atoms with Gasteiger partial charge in [0.15, 0.2) is 0 Å². The molecule has 2 amide bonds. The van der Waals surface area contributed by atoms with Crippen LogP contribution in [0.25, 0.3) is 0 Å². The van der Waals surface area contributed by atoms with Crippen LogP contribution < -0.4 is 5.73 Å². The number of nitrogens with two attached hydrogens (primary N) is 1. The van der Waals surface area contributed by atoms with Crippen LogP contribution in [0.3, 0.4) is 0 Å². The number of primary amides is 1. The summed E-state index contributed by atoms with van der Waals surface area (Å²) in [4.78, 5) is 28.0. The highest BCUT2D eigenvalue weighted by molar-refractivity contribution is 5.85. The molecule has 0 aromatic heterocycles. The number of hydrogen-bond acceptors (Lipinski definition) is 5. The molecule has 7 heteroatoms. The van der Waals surface area contributed by atoms with Crippen LogP contribution in [0.15, 0.2) is 0 Å². The fourth-order valence-electron chi connectivity index (χ4n) is 3.10. The summed E-state index contributed by atoms with van der Waals surface area (Å²) >= 11 is 0. The quantitative estimate of drug-likeness (QED) is 0.806. The Labute approximate surface area is 131 Å². The van der Waals surface area contributed by atoms with Gasteiger partial charge in [-0.1, -0.05) is 0 Å². The summed E-state index contributed by atoms with van der Waals surface area (Å²) < 4.78 is 10.7. The lowest BCUT2D eigenvalue weighted by atomic mass is 9.84. The van der Waals surface area contributed by atoms with Gasteiger partial charge in [0, 0.05) is 26.2 Å². The van der Waals surface area contributed by atoms with E-state index in [9.17, 15) is 9.59 Å². The molecule has 2 aliphatic rings. The maximum atomic E-state index is 12.1. The largest absolute Gasteiger partial charge is 0.444 e. The molecule has 2 heterocycles. The number of rotatable bonds is 2. The van der Waals surface area contributed by atoms with E-state index in [1.54, 1.807) is 4.90 Å². The lowest BCUT2D eigenvalue weighted by Gasteiger charge is -2.47. The molecule has 2 fully saturated rings. The molecule has 2 saturated heterocycles. The van der Waals surface area contributed by atoms with E-state index in [2.05, 4.69) is 4.90 Å². The first-order chi connectivity index (χ1) is 10.2. The van der Waals surface area contributed by atoms with Crippen LogP contribution in [0.1, 0.15) is 33.6 Å². The summed E-state index contributed by atoms with van der Waals surface area (Å²) in [7, 11) is 0. The summed E-state index contributed by atoms with van der Waals surface area (Å²) in [6, 6.07) is 0. The third-order valence-corrected chi connectivity index (χ3v) is 4.32. The number of morpholine rings is 1. The van der Waals surface area contributed by atoms with Crippen molar-refractivity contribution in [3.63, 3.8) is 0 Å². The first-order valence-corrected chi connectivity index (χ1v) is 7.85. The molecule has 2 N–H and O–H groups in total. The van der Waals surface area contributed by atoms with Gasteiger partial charge in [-0.25, -0.2) is 4.79 Å². The highest BCUT2D eigenvalue weighted by Crippen LogP contribution is 2.30. The van der Waals surface area contributed by atoms with Gasteiger partial charge in [-0.3, -0.25) is 9.69 Å². The summed E-state index contributed by atoms with van der Waals surface area (Å²) in [5.74, 6) is -0.307. The molecule has 7 nitrogen and oxygen atoms in total. The second kappa shape index (κ2) is 6.42. The topological polar surface area (TPSA) is 85.1 Å². The number of ether oxygens (including phenoxy) is 2. The maximum absolute atomic E-state index is 12.1. The third-order valence-electron chi connectivity index (χ3n) is 4.32. The molecule has 0 atom stereocenters.